The molecule has 0 radical (unpaired) electrons. The minimum Gasteiger partial charge on any atom is -0.477 e. The monoisotopic (exact) mass is 520 g/mol. The van der Waals surface area contributed by atoms with Crippen LogP contribution in [0.1, 0.15) is 26.0 Å². The molecule has 14 heteroatoms. The zero-order valence-corrected chi connectivity index (χ0v) is 20.6. The van der Waals surface area contributed by atoms with Gasteiger partial charge in [0.2, 0.25) is 5.91 Å². The number of nitrogens with one attached hydrogen (secondary N) is 1. The summed E-state index contributed by atoms with van der Waals surface area (Å²) < 4.78 is 0. The Morgan fingerprint density at radius 2 is 2.14 bits per heavy atom. The summed E-state index contributed by atoms with van der Waals surface area (Å²) >= 11 is 2.33. The number of thioether (sulfide) groups is 1. The highest BCUT2D eigenvalue weighted by Gasteiger charge is 2.54. The lowest BCUT2D eigenvalue weighted by molar-refractivity contribution is -0.150. The van der Waals surface area contributed by atoms with Crippen LogP contribution in [0.4, 0.5) is 5.13 Å². The second-order valence-electron chi connectivity index (χ2n) is 8.62. The van der Waals surface area contributed by atoms with E-state index in [4.69, 9.17) is 5.73 Å². The SMILES string of the molecule is CC(C)CN1CC/C(=C\C2=C(C(=O)O)N3C(=O)[C@@H](NC(=O)/C(=N\O)c4csc(N)n4)[C@H]3SC2)C1=O. The standard InChI is InChI=1S/C21H24N6O6S2/c1-9(2)6-26-4-3-10(17(26)29)5-11-7-34-19-14(18(30)27(19)15(11)20(31)32)24-16(28)13(25-33)12-8-35-21(22)23-12/h5,8-9,14,19,33H,3-4,6-7H2,1-2H3,(H2,22,23)(H,24,28)(H,31,32)/b10-5+,25-13-/t14-,19-/m1/s1. The zero-order chi connectivity index (χ0) is 25.4. The molecule has 3 aliphatic rings. The van der Waals surface area contributed by atoms with E-state index in [0.717, 1.165) is 16.2 Å². The maximum atomic E-state index is 12.9. The number of aromatic nitrogens is 1. The quantitative estimate of drug-likeness (QED) is 0.131. The molecule has 186 valence electrons. The van der Waals surface area contributed by atoms with Gasteiger partial charge in [-0.05, 0) is 24.0 Å². The first-order valence-electron chi connectivity index (χ1n) is 10.8. The van der Waals surface area contributed by atoms with E-state index in [1.807, 2.05) is 13.8 Å². The van der Waals surface area contributed by atoms with Gasteiger partial charge in [0.05, 0.1) is 0 Å². The van der Waals surface area contributed by atoms with E-state index in [0.29, 0.717) is 36.6 Å². The molecule has 3 amide bonds. The average molecular weight is 521 g/mol. The van der Waals surface area contributed by atoms with Gasteiger partial charge in [-0.1, -0.05) is 19.0 Å². The Labute approximate surface area is 208 Å². The number of aliphatic carboxylic acids is 1. The number of amides is 3. The second kappa shape index (κ2) is 9.70. The minimum atomic E-state index is -1.29. The number of fused-ring (bicyclic) bond motifs is 1. The highest BCUT2D eigenvalue weighted by Crippen LogP contribution is 2.41. The molecule has 1 aromatic rings. The van der Waals surface area contributed by atoms with E-state index >= 15 is 0 Å². The summed E-state index contributed by atoms with van der Waals surface area (Å²) in [6.45, 7) is 5.23. The van der Waals surface area contributed by atoms with Gasteiger partial charge in [0.1, 0.15) is 22.8 Å². The molecule has 2 atom stereocenters. The summed E-state index contributed by atoms with van der Waals surface area (Å²) in [6.07, 6.45) is 2.09. The fourth-order valence-corrected chi connectivity index (χ4v) is 6.05. The minimum absolute atomic E-state index is 0.0557. The van der Waals surface area contributed by atoms with Crippen molar-refractivity contribution in [2.24, 2.45) is 11.1 Å². The van der Waals surface area contributed by atoms with Crippen molar-refractivity contribution in [3.63, 3.8) is 0 Å². The molecule has 0 saturated carbocycles. The summed E-state index contributed by atoms with van der Waals surface area (Å²) in [5.74, 6) is -2.31. The van der Waals surface area contributed by atoms with Gasteiger partial charge in [-0.25, -0.2) is 9.78 Å². The number of nitrogens with zero attached hydrogens (tertiary/aromatic N) is 4. The third-order valence-corrected chi connectivity index (χ3v) is 7.69. The van der Waals surface area contributed by atoms with Gasteiger partial charge < -0.3 is 26.3 Å². The molecule has 1 aromatic heterocycles. The lowest BCUT2D eigenvalue weighted by Crippen LogP contribution is -2.71. The van der Waals surface area contributed by atoms with Crippen LogP contribution in [-0.2, 0) is 19.2 Å². The van der Waals surface area contributed by atoms with Crippen molar-refractivity contribution >= 4 is 57.6 Å². The van der Waals surface area contributed by atoms with E-state index in [-0.39, 0.29) is 28.2 Å². The molecule has 2 saturated heterocycles. The Hall–Kier alpha value is -3.39. The number of oxime groups is 1. The Morgan fingerprint density at radius 1 is 1.40 bits per heavy atom. The lowest BCUT2D eigenvalue weighted by Gasteiger charge is -2.49. The number of allylic oxidation sites excluding steroid dienone is 1. The molecule has 0 spiro atoms. The highest BCUT2D eigenvalue weighted by atomic mass is 32.2. The summed E-state index contributed by atoms with van der Waals surface area (Å²) in [5, 5.41) is 25.5. The molecule has 5 N–H and O–H groups in total. The molecule has 4 heterocycles. The number of nitrogen functional groups attached to an aromatic ring is 1. The maximum absolute atomic E-state index is 12.9. The Bertz CT molecular complexity index is 1190. The number of thiazole rings is 1. The van der Waals surface area contributed by atoms with Crippen molar-refractivity contribution in [1.82, 2.24) is 20.1 Å². The predicted octanol–water partition coefficient (Wildman–Crippen LogP) is 0.457. The number of rotatable bonds is 7. The molecule has 0 aliphatic carbocycles. The highest BCUT2D eigenvalue weighted by molar-refractivity contribution is 8.00. The topological polar surface area (TPSA) is 179 Å². The first-order valence-corrected chi connectivity index (χ1v) is 12.7. The number of likely N-dealkylation sites (tertiary alicyclic amines) is 1. The smallest absolute Gasteiger partial charge is 0.352 e. The normalized spacial score (nSPS) is 23.7. The van der Waals surface area contributed by atoms with Crippen molar-refractivity contribution < 1.29 is 29.5 Å². The maximum Gasteiger partial charge on any atom is 0.352 e. The van der Waals surface area contributed by atoms with Crippen LogP contribution in [0.5, 0.6) is 0 Å². The Balaban J connectivity index is 1.52. The molecule has 0 bridgehead atoms. The third-order valence-electron chi connectivity index (χ3n) is 5.71. The molecular weight excluding hydrogens is 496 g/mol. The van der Waals surface area contributed by atoms with Gasteiger partial charge in [0.15, 0.2) is 10.8 Å². The largest absolute Gasteiger partial charge is 0.477 e. The van der Waals surface area contributed by atoms with E-state index < -0.39 is 34.9 Å². The van der Waals surface area contributed by atoms with Gasteiger partial charge in [0.25, 0.3) is 11.8 Å². The van der Waals surface area contributed by atoms with Crippen molar-refractivity contribution in [2.45, 2.75) is 31.7 Å². The molecule has 3 aliphatic heterocycles. The molecule has 2 fully saturated rings. The van der Waals surface area contributed by atoms with Gasteiger partial charge in [-0.3, -0.25) is 19.3 Å². The van der Waals surface area contributed by atoms with Gasteiger partial charge in [-0.15, -0.1) is 23.1 Å². The number of carbonyl (C=O) groups is 4. The zero-order valence-electron chi connectivity index (χ0n) is 18.9. The number of carboxylic acids is 1. The van der Waals surface area contributed by atoms with Crippen LogP contribution in [0.15, 0.2) is 33.5 Å². The van der Waals surface area contributed by atoms with E-state index in [1.165, 1.54) is 17.1 Å². The number of carbonyl (C=O) groups excluding carboxylic acids is 3. The van der Waals surface area contributed by atoms with E-state index in [9.17, 15) is 29.5 Å². The van der Waals surface area contributed by atoms with Crippen LogP contribution >= 0.6 is 23.1 Å². The van der Waals surface area contributed by atoms with Crippen molar-refractivity contribution in [3.8, 4) is 0 Å². The summed E-state index contributed by atoms with van der Waals surface area (Å²) in [5.41, 5.74) is 5.90. The van der Waals surface area contributed by atoms with Crippen LogP contribution in [-0.4, -0.2) is 84.8 Å². The number of nitrogens with two attached hydrogens (primary N) is 1. The summed E-state index contributed by atoms with van der Waals surface area (Å²) in [7, 11) is 0. The van der Waals surface area contributed by atoms with Crippen molar-refractivity contribution in [1.29, 1.82) is 0 Å². The number of carboxylic acid groups (broad SMARTS) is 1. The average Bonchev–Trinajstić information content (AvgIpc) is 3.37. The van der Waals surface area contributed by atoms with Crippen molar-refractivity contribution in [2.75, 3.05) is 24.6 Å². The van der Waals surface area contributed by atoms with Gasteiger partial charge in [-0.2, -0.15) is 0 Å². The Kier molecular flexibility index (Phi) is 6.85. The van der Waals surface area contributed by atoms with Crippen LogP contribution in [0, 0.1) is 5.92 Å². The van der Waals surface area contributed by atoms with Crippen LogP contribution in [0.3, 0.4) is 0 Å². The number of β-lactam (4-membered cyclic amide) rings is 1. The molecule has 0 aromatic carbocycles. The summed E-state index contributed by atoms with van der Waals surface area (Å²) in [4.78, 5) is 57.1. The van der Waals surface area contributed by atoms with E-state index in [1.54, 1.807) is 11.0 Å². The number of hydrogen-bond donors (Lipinski definition) is 4. The fraction of sp³-hybridized carbons (Fsp3) is 0.429. The van der Waals surface area contributed by atoms with Gasteiger partial charge in [0, 0.05) is 29.8 Å². The van der Waals surface area contributed by atoms with Crippen LogP contribution < -0.4 is 11.1 Å². The Morgan fingerprint density at radius 3 is 2.74 bits per heavy atom. The van der Waals surface area contributed by atoms with Crippen molar-refractivity contribution in [3.05, 3.63) is 34.0 Å². The summed E-state index contributed by atoms with van der Waals surface area (Å²) in [6, 6.07) is -1.02. The van der Waals surface area contributed by atoms with Crippen LogP contribution in [0.25, 0.3) is 0 Å². The second-order valence-corrected chi connectivity index (χ2v) is 10.6. The van der Waals surface area contributed by atoms with E-state index in [2.05, 4.69) is 15.5 Å². The first-order chi connectivity index (χ1) is 16.6. The third kappa shape index (κ3) is 4.62. The predicted molar refractivity (Wildman–Crippen MR) is 129 cm³/mol. The van der Waals surface area contributed by atoms with Gasteiger partial charge >= 0.3 is 5.97 Å². The molecule has 35 heavy (non-hydrogen) atoms. The molecule has 12 nitrogen and oxygen atoms in total. The molecule has 0 unspecified atom stereocenters. The molecular formula is C21H24N6O6S2. The first kappa shape index (κ1) is 24.7. The number of anilines is 1. The lowest BCUT2D eigenvalue weighted by atomic mass is 10.0. The molecule has 4 rings (SSSR count). The van der Waals surface area contributed by atoms with Crippen LogP contribution in [0.2, 0.25) is 0 Å². The number of hydrogen-bond acceptors (Lipinski definition) is 10. The fourth-order valence-electron chi connectivity index (χ4n) is 4.20.